The first-order chi connectivity index (χ1) is 11.8. The number of amides is 1. The SMILES string of the molecule is O=C(c1cccc(-n2cccn2)c1)N1CCN(C2CCOC2)CC1. The van der Waals surface area contributed by atoms with Gasteiger partial charge < -0.3 is 9.64 Å². The van der Waals surface area contributed by atoms with Crippen LogP contribution in [0.3, 0.4) is 0 Å². The summed E-state index contributed by atoms with van der Waals surface area (Å²) in [5, 5.41) is 4.23. The third-order valence-corrected chi connectivity index (χ3v) is 4.89. The zero-order chi connectivity index (χ0) is 16.4. The van der Waals surface area contributed by atoms with Gasteiger partial charge in [-0.25, -0.2) is 4.68 Å². The number of piperazine rings is 1. The predicted octanol–water partition coefficient (Wildman–Crippen LogP) is 1.42. The monoisotopic (exact) mass is 326 g/mol. The van der Waals surface area contributed by atoms with Crippen molar-refractivity contribution < 1.29 is 9.53 Å². The molecule has 1 aromatic heterocycles. The molecule has 2 fully saturated rings. The van der Waals surface area contributed by atoms with Crippen molar-refractivity contribution in [2.24, 2.45) is 0 Å². The van der Waals surface area contributed by atoms with E-state index in [1.165, 1.54) is 0 Å². The number of nitrogens with zero attached hydrogens (tertiary/aromatic N) is 4. The highest BCUT2D eigenvalue weighted by atomic mass is 16.5. The van der Waals surface area contributed by atoms with E-state index in [4.69, 9.17) is 4.74 Å². The summed E-state index contributed by atoms with van der Waals surface area (Å²) in [6.07, 6.45) is 4.73. The van der Waals surface area contributed by atoms with Gasteiger partial charge in [0.25, 0.3) is 5.91 Å². The largest absolute Gasteiger partial charge is 0.380 e. The van der Waals surface area contributed by atoms with Gasteiger partial charge in [-0.3, -0.25) is 9.69 Å². The van der Waals surface area contributed by atoms with Gasteiger partial charge in [0.2, 0.25) is 0 Å². The first-order valence-electron chi connectivity index (χ1n) is 8.52. The Morgan fingerprint density at radius 2 is 2.04 bits per heavy atom. The van der Waals surface area contributed by atoms with Gasteiger partial charge in [0, 0.05) is 56.8 Å². The molecule has 0 saturated carbocycles. The second kappa shape index (κ2) is 6.75. The van der Waals surface area contributed by atoms with E-state index in [-0.39, 0.29) is 5.91 Å². The van der Waals surface area contributed by atoms with E-state index in [0.717, 1.165) is 57.1 Å². The molecule has 24 heavy (non-hydrogen) atoms. The van der Waals surface area contributed by atoms with E-state index in [2.05, 4.69) is 10.00 Å². The van der Waals surface area contributed by atoms with Gasteiger partial charge in [-0.1, -0.05) is 6.07 Å². The number of hydrogen-bond acceptors (Lipinski definition) is 4. The summed E-state index contributed by atoms with van der Waals surface area (Å²) < 4.78 is 7.24. The maximum atomic E-state index is 12.8. The van der Waals surface area contributed by atoms with Crippen LogP contribution in [0, 0.1) is 0 Å². The number of hydrogen-bond donors (Lipinski definition) is 0. The van der Waals surface area contributed by atoms with Gasteiger partial charge in [0.05, 0.1) is 12.3 Å². The molecule has 126 valence electrons. The van der Waals surface area contributed by atoms with E-state index < -0.39 is 0 Å². The summed E-state index contributed by atoms with van der Waals surface area (Å²) in [6, 6.07) is 10.1. The van der Waals surface area contributed by atoms with Crippen molar-refractivity contribution in [1.29, 1.82) is 0 Å². The van der Waals surface area contributed by atoms with Crippen molar-refractivity contribution in [1.82, 2.24) is 19.6 Å². The molecule has 1 aromatic carbocycles. The van der Waals surface area contributed by atoms with Crippen molar-refractivity contribution in [2.75, 3.05) is 39.4 Å². The molecular weight excluding hydrogens is 304 g/mol. The minimum absolute atomic E-state index is 0.103. The summed E-state index contributed by atoms with van der Waals surface area (Å²) in [7, 11) is 0. The predicted molar refractivity (Wildman–Crippen MR) is 90.3 cm³/mol. The van der Waals surface area contributed by atoms with Crippen LogP contribution in [0.4, 0.5) is 0 Å². The quantitative estimate of drug-likeness (QED) is 0.856. The lowest BCUT2D eigenvalue weighted by molar-refractivity contribution is 0.0549. The third kappa shape index (κ3) is 3.07. The first-order valence-corrected chi connectivity index (χ1v) is 8.52. The number of carbonyl (C=O) groups is 1. The van der Waals surface area contributed by atoms with Gasteiger partial charge in [0.15, 0.2) is 0 Å². The van der Waals surface area contributed by atoms with Crippen molar-refractivity contribution >= 4 is 5.91 Å². The van der Waals surface area contributed by atoms with E-state index in [9.17, 15) is 4.79 Å². The highest BCUT2D eigenvalue weighted by Gasteiger charge is 2.28. The van der Waals surface area contributed by atoms with Crippen molar-refractivity contribution in [2.45, 2.75) is 12.5 Å². The van der Waals surface area contributed by atoms with Crippen LogP contribution in [0.1, 0.15) is 16.8 Å². The zero-order valence-electron chi connectivity index (χ0n) is 13.7. The Hall–Kier alpha value is -2.18. The molecule has 0 spiro atoms. The summed E-state index contributed by atoms with van der Waals surface area (Å²) in [4.78, 5) is 17.2. The molecule has 1 amide bonds. The summed E-state index contributed by atoms with van der Waals surface area (Å²) in [5.74, 6) is 0.103. The van der Waals surface area contributed by atoms with Gasteiger partial charge >= 0.3 is 0 Å². The topological polar surface area (TPSA) is 50.6 Å². The second-order valence-electron chi connectivity index (χ2n) is 6.35. The zero-order valence-corrected chi connectivity index (χ0v) is 13.7. The Morgan fingerprint density at radius 1 is 1.17 bits per heavy atom. The first kappa shape index (κ1) is 15.4. The average Bonchev–Trinajstić information content (AvgIpc) is 3.35. The molecule has 6 heteroatoms. The molecule has 2 aromatic rings. The standard InChI is InChI=1S/C18H22N4O2/c23-18(15-3-1-4-16(13-15)22-7-2-6-19-22)21-10-8-20(9-11-21)17-5-12-24-14-17/h1-4,6-7,13,17H,5,8-12,14H2. The fraction of sp³-hybridized carbons (Fsp3) is 0.444. The maximum absolute atomic E-state index is 12.8. The summed E-state index contributed by atoms with van der Waals surface area (Å²) in [6.45, 7) is 5.11. The normalized spacial score (nSPS) is 22.0. The summed E-state index contributed by atoms with van der Waals surface area (Å²) in [5.41, 5.74) is 1.63. The highest BCUT2D eigenvalue weighted by molar-refractivity contribution is 5.94. The molecule has 4 rings (SSSR count). The molecule has 1 atom stereocenters. The lowest BCUT2D eigenvalue weighted by Gasteiger charge is -2.37. The van der Waals surface area contributed by atoms with Crippen molar-refractivity contribution in [3.63, 3.8) is 0 Å². The van der Waals surface area contributed by atoms with Crippen LogP contribution >= 0.6 is 0 Å². The number of rotatable bonds is 3. The molecule has 0 N–H and O–H groups in total. The fourth-order valence-corrected chi connectivity index (χ4v) is 3.49. The molecule has 0 aliphatic carbocycles. The van der Waals surface area contributed by atoms with Crippen LogP contribution < -0.4 is 0 Å². The number of carbonyl (C=O) groups excluding carboxylic acids is 1. The number of ether oxygens (including phenoxy) is 1. The third-order valence-electron chi connectivity index (χ3n) is 4.89. The lowest BCUT2D eigenvalue weighted by Crippen LogP contribution is -2.52. The van der Waals surface area contributed by atoms with Crippen molar-refractivity contribution in [3.8, 4) is 5.69 Å². The minimum atomic E-state index is 0.103. The van der Waals surface area contributed by atoms with Crippen LogP contribution in [0.5, 0.6) is 0 Å². The van der Waals surface area contributed by atoms with Crippen LogP contribution in [-0.4, -0.2) is 70.9 Å². The molecule has 3 heterocycles. The Bertz CT molecular complexity index is 687. The molecule has 0 bridgehead atoms. The Kier molecular flexibility index (Phi) is 4.32. The molecule has 6 nitrogen and oxygen atoms in total. The van der Waals surface area contributed by atoms with E-state index >= 15 is 0 Å². The maximum Gasteiger partial charge on any atom is 0.254 e. The second-order valence-corrected chi connectivity index (χ2v) is 6.35. The molecule has 0 radical (unpaired) electrons. The van der Waals surface area contributed by atoms with Crippen LogP contribution in [-0.2, 0) is 4.74 Å². The average molecular weight is 326 g/mol. The summed E-state index contributed by atoms with van der Waals surface area (Å²) >= 11 is 0. The number of benzene rings is 1. The van der Waals surface area contributed by atoms with Gasteiger partial charge in [-0.15, -0.1) is 0 Å². The molecular formula is C18H22N4O2. The molecule has 2 aliphatic rings. The van der Waals surface area contributed by atoms with Gasteiger partial charge in [-0.05, 0) is 30.7 Å². The molecule has 2 saturated heterocycles. The lowest BCUT2D eigenvalue weighted by atomic mass is 10.1. The minimum Gasteiger partial charge on any atom is -0.380 e. The van der Waals surface area contributed by atoms with E-state index in [0.29, 0.717) is 6.04 Å². The van der Waals surface area contributed by atoms with Gasteiger partial charge in [0.1, 0.15) is 0 Å². The fourth-order valence-electron chi connectivity index (χ4n) is 3.49. The highest BCUT2D eigenvalue weighted by Crippen LogP contribution is 2.17. The Morgan fingerprint density at radius 3 is 2.75 bits per heavy atom. The van der Waals surface area contributed by atoms with Gasteiger partial charge in [-0.2, -0.15) is 5.10 Å². The van der Waals surface area contributed by atoms with Crippen molar-refractivity contribution in [3.05, 3.63) is 48.3 Å². The van der Waals surface area contributed by atoms with Crippen LogP contribution in [0.2, 0.25) is 0 Å². The van der Waals surface area contributed by atoms with Crippen LogP contribution in [0.15, 0.2) is 42.7 Å². The smallest absolute Gasteiger partial charge is 0.254 e. The van der Waals surface area contributed by atoms with Crippen LogP contribution in [0.25, 0.3) is 5.69 Å². The molecule has 2 aliphatic heterocycles. The Balaban J connectivity index is 1.42. The Labute approximate surface area is 141 Å². The number of aromatic nitrogens is 2. The van der Waals surface area contributed by atoms with E-state index in [1.54, 1.807) is 10.9 Å². The van der Waals surface area contributed by atoms with E-state index in [1.807, 2.05) is 41.4 Å². The molecule has 1 unspecified atom stereocenters.